The van der Waals surface area contributed by atoms with Crippen LogP contribution in [0, 0.1) is 12.8 Å². The largest absolute Gasteiger partial charge is 0.450 e. The quantitative estimate of drug-likeness (QED) is 0.634. The van der Waals surface area contributed by atoms with Crippen molar-refractivity contribution in [1.29, 1.82) is 0 Å². The lowest BCUT2D eigenvalue weighted by Crippen LogP contribution is -2.35. The van der Waals surface area contributed by atoms with Crippen LogP contribution in [0.2, 0.25) is 0 Å². The third-order valence-electron chi connectivity index (χ3n) is 2.40. The zero-order chi connectivity index (χ0) is 10.6. The molecule has 1 rings (SSSR count). The molecule has 79 valence electrons. The highest BCUT2D eigenvalue weighted by Crippen LogP contribution is 2.18. The Morgan fingerprint density at radius 3 is 2.93 bits per heavy atom. The summed E-state index contributed by atoms with van der Waals surface area (Å²) < 4.78 is 4.92. The van der Waals surface area contributed by atoms with Gasteiger partial charge in [-0.2, -0.15) is 0 Å². The van der Waals surface area contributed by atoms with Crippen molar-refractivity contribution in [1.82, 2.24) is 4.90 Å². The number of rotatable bonds is 2. The molecule has 0 N–H and O–H groups in total. The van der Waals surface area contributed by atoms with Crippen LogP contribution in [0.25, 0.3) is 0 Å². The van der Waals surface area contributed by atoms with Gasteiger partial charge in [0.05, 0.1) is 6.61 Å². The summed E-state index contributed by atoms with van der Waals surface area (Å²) in [6.07, 6.45) is 2.79. The van der Waals surface area contributed by atoms with Gasteiger partial charge in [0.2, 0.25) is 0 Å². The van der Waals surface area contributed by atoms with Crippen LogP contribution in [0.4, 0.5) is 4.79 Å². The Labute approximate surface area is 85.7 Å². The van der Waals surface area contributed by atoms with Gasteiger partial charge in [-0.1, -0.05) is 18.6 Å². The molecule has 0 saturated heterocycles. The van der Waals surface area contributed by atoms with E-state index < -0.39 is 0 Å². The molecule has 1 amide bonds. The van der Waals surface area contributed by atoms with E-state index in [0.29, 0.717) is 19.1 Å². The minimum atomic E-state index is -0.209. The Hall–Kier alpha value is -0.990. The molecule has 0 aromatic rings. The maximum Gasteiger partial charge on any atom is 0.410 e. The van der Waals surface area contributed by atoms with E-state index in [2.05, 4.69) is 19.9 Å². The standard InChI is InChI=1S/C11H18NO2/c1-4-14-11(13)12-7-5-10(6-8-12)9(2)3/h5,9H,2,4,6-8H2,1,3H3. The molecule has 1 aliphatic rings. The van der Waals surface area contributed by atoms with Crippen molar-refractivity contribution in [2.24, 2.45) is 5.92 Å². The fourth-order valence-electron chi connectivity index (χ4n) is 1.51. The number of nitrogens with zero attached hydrogens (tertiary/aromatic N) is 1. The lowest BCUT2D eigenvalue weighted by atomic mass is 9.97. The Bertz CT molecular complexity index is 233. The van der Waals surface area contributed by atoms with Gasteiger partial charge in [0, 0.05) is 13.1 Å². The minimum absolute atomic E-state index is 0.209. The second kappa shape index (κ2) is 5.03. The second-order valence-corrected chi connectivity index (χ2v) is 3.58. The van der Waals surface area contributed by atoms with Gasteiger partial charge in [-0.3, -0.25) is 0 Å². The molecule has 1 atom stereocenters. The normalized spacial score (nSPS) is 16.9. The lowest BCUT2D eigenvalue weighted by Gasteiger charge is -2.26. The SMILES string of the molecule is [CH2]C(C)C1=CCN(C(=O)OCC)CC1. The molecular weight excluding hydrogens is 178 g/mol. The lowest BCUT2D eigenvalue weighted by molar-refractivity contribution is 0.110. The molecule has 3 nitrogen and oxygen atoms in total. The average molecular weight is 196 g/mol. The van der Waals surface area contributed by atoms with Crippen LogP contribution >= 0.6 is 0 Å². The predicted octanol–water partition coefficient (Wildman–Crippen LogP) is 2.25. The van der Waals surface area contributed by atoms with Crippen molar-refractivity contribution >= 4 is 6.09 Å². The van der Waals surface area contributed by atoms with Crippen molar-refractivity contribution in [3.8, 4) is 0 Å². The number of carbonyl (C=O) groups is 1. The van der Waals surface area contributed by atoms with E-state index >= 15 is 0 Å². The monoisotopic (exact) mass is 196 g/mol. The molecular formula is C11H18NO2. The van der Waals surface area contributed by atoms with Crippen molar-refractivity contribution in [3.63, 3.8) is 0 Å². The van der Waals surface area contributed by atoms with Crippen molar-refractivity contribution < 1.29 is 9.53 Å². The van der Waals surface area contributed by atoms with Gasteiger partial charge in [-0.05, 0) is 26.2 Å². The van der Waals surface area contributed by atoms with Crippen molar-refractivity contribution in [3.05, 3.63) is 18.6 Å². The minimum Gasteiger partial charge on any atom is -0.450 e. The molecule has 1 radical (unpaired) electrons. The molecule has 0 aromatic carbocycles. The maximum absolute atomic E-state index is 11.3. The smallest absolute Gasteiger partial charge is 0.410 e. The van der Waals surface area contributed by atoms with E-state index in [1.54, 1.807) is 4.90 Å². The molecule has 14 heavy (non-hydrogen) atoms. The average Bonchev–Trinajstić information content (AvgIpc) is 2.18. The fourth-order valence-corrected chi connectivity index (χ4v) is 1.51. The van der Waals surface area contributed by atoms with Crippen LogP contribution in [0.1, 0.15) is 20.3 Å². The topological polar surface area (TPSA) is 29.5 Å². The van der Waals surface area contributed by atoms with E-state index in [1.165, 1.54) is 5.57 Å². The molecule has 1 unspecified atom stereocenters. The van der Waals surface area contributed by atoms with Crippen LogP contribution in [0.15, 0.2) is 11.6 Å². The predicted molar refractivity (Wildman–Crippen MR) is 55.8 cm³/mol. The van der Waals surface area contributed by atoms with Crippen LogP contribution in [-0.4, -0.2) is 30.7 Å². The van der Waals surface area contributed by atoms with Gasteiger partial charge >= 0.3 is 6.09 Å². The zero-order valence-corrected chi connectivity index (χ0v) is 8.95. The summed E-state index contributed by atoms with van der Waals surface area (Å²) in [5, 5.41) is 0. The maximum atomic E-state index is 11.3. The molecule has 0 saturated carbocycles. The Morgan fingerprint density at radius 2 is 2.50 bits per heavy atom. The summed E-state index contributed by atoms with van der Waals surface area (Å²) in [7, 11) is 0. The molecule has 0 aliphatic carbocycles. The van der Waals surface area contributed by atoms with E-state index in [1.807, 2.05) is 6.92 Å². The van der Waals surface area contributed by atoms with Crippen molar-refractivity contribution in [2.45, 2.75) is 20.3 Å². The molecule has 0 spiro atoms. The summed E-state index contributed by atoms with van der Waals surface area (Å²) >= 11 is 0. The fraction of sp³-hybridized carbons (Fsp3) is 0.636. The third kappa shape index (κ3) is 2.76. The van der Waals surface area contributed by atoms with Gasteiger partial charge in [-0.15, -0.1) is 0 Å². The number of amides is 1. The summed E-state index contributed by atoms with van der Waals surface area (Å²) in [5.41, 5.74) is 1.34. The Morgan fingerprint density at radius 1 is 1.79 bits per heavy atom. The molecule has 0 fully saturated rings. The zero-order valence-electron chi connectivity index (χ0n) is 8.95. The van der Waals surface area contributed by atoms with Crippen LogP contribution in [-0.2, 0) is 4.74 Å². The second-order valence-electron chi connectivity index (χ2n) is 3.58. The third-order valence-corrected chi connectivity index (χ3v) is 2.40. The highest BCUT2D eigenvalue weighted by Gasteiger charge is 2.18. The van der Waals surface area contributed by atoms with E-state index in [-0.39, 0.29) is 6.09 Å². The first-order valence-electron chi connectivity index (χ1n) is 5.08. The highest BCUT2D eigenvalue weighted by atomic mass is 16.6. The summed E-state index contributed by atoms with van der Waals surface area (Å²) in [6.45, 7) is 9.72. The Kier molecular flexibility index (Phi) is 3.98. The summed E-state index contributed by atoms with van der Waals surface area (Å²) in [5.74, 6) is 0.347. The molecule has 1 heterocycles. The van der Waals surface area contributed by atoms with Gasteiger partial charge in [0.25, 0.3) is 0 Å². The number of carbonyl (C=O) groups excluding carboxylic acids is 1. The van der Waals surface area contributed by atoms with Gasteiger partial charge < -0.3 is 9.64 Å². The molecule has 1 aliphatic heterocycles. The number of hydrogen-bond donors (Lipinski definition) is 0. The highest BCUT2D eigenvalue weighted by molar-refractivity contribution is 5.68. The first-order valence-corrected chi connectivity index (χ1v) is 5.08. The summed E-state index contributed by atoms with van der Waals surface area (Å²) in [4.78, 5) is 13.1. The summed E-state index contributed by atoms with van der Waals surface area (Å²) in [6, 6.07) is 0. The van der Waals surface area contributed by atoms with Gasteiger partial charge in [0.15, 0.2) is 0 Å². The van der Waals surface area contributed by atoms with Gasteiger partial charge in [0.1, 0.15) is 0 Å². The number of ether oxygens (including phenoxy) is 1. The van der Waals surface area contributed by atoms with Crippen LogP contribution < -0.4 is 0 Å². The van der Waals surface area contributed by atoms with Crippen molar-refractivity contribution in [2.75, 3.05) is 19.7 Å². The molecule has 0 bridgehead atoms. The van der Waals surface area contributed by atoms with Gasteiger partial charge in [-0.25, -0.2) is 4.79 Å². The molecule has 0 aromatic heterocycles. The first-order chi connectivity index (χ1) is 6.65. The van der Waals surface area contributed by atoms with Crippen LogP contribution in [0.5, 0.6) is 0 Å². The van der Waals surface area contributed by atoms with E-state index in [0.717, 1.165) is 13.0 Å². The molecule has 3 heteroatoms. The first kappa shape index (κ1) is 11.1. The van der Waals surface area contributed by atoms with E-state index in [9.17, 15) is 4.79 Å². The Balaban J connectivity index is 2.46. The number of hydrogen-bond acceptors (Lipinski definition) is 2. The van der Waals surface area contributed by atoms with Crippen LogP contribution in [0.3, 0.4) is 0 Å². The van der Waals surface area contributed by atoms with E-state index in [4.69, 9.17) is 4.74 Å².